The van der Waals surface area contributed by atoms with Gasteiger partial charge in [0.1, 0.15) is 5.41 Å². The molecule has 0 radical (unpaired) electrons. The van der Waals surface area contributed by atoms with Crippen LogP contribution in [0.15, 0.2) is 60.7 Å². The van der Waals surface area contributed by atoms with Crippen molar-refractivity contribution in [1.29, 1.82) is 5.26 Å². The number of hydrogen-bond acceptors (Lipinski definition) is 5. The second kappa shape index (κ2) is 9.29. The predicted octanol–water partition coefficient (Wildman–Crippen LogP) is 3.51. The number of thiocarbonyl (C=S) groups is 1. The van der Waals surface area contributed by atoms with Crippen LogP contribution in [0.3, 0.4) is 0 Å². The van der Waals surface area contributed by atoms with Crippen LogP contribution >= 0.6 is 24.0 Å². The van der Waals surface area contributed by atoms with Crippen LogP contribution in [-0.2, 0) is 5.41 Å². The minimum atomic E-state index is -0.649. The molecule has 0 aliphatic carbocycles. The zero-order chi connectivity index (χ0) is 18.2. The molecule has 2 aromatic rings. The second-order valence-electron chi connectivity index (χ2n) is 6.38. The highest BCUT2D eigenvalue weighted by Crippen LogP contribution is 2.36. The molecule has 134 valence electrons. The van der Waals surface area contributed by atoms with Crippen LogP contribution in [-0.4, -0.2) is 35.6 Å². The molecule has 0 amide bonds. The molecule has 1 unspecified atom stereocenters. The SMILES string of the molecule is N#CC(CCSC(=S)C1CNCCN1)(c1ccccc1)c1ccccc1. The van der Waals surface area contributed by atoms with E-state index in [1.165, 1.54) is 0 Å². The summed E-state index contributed by atoms with van der Waals surface area (Å²) in [4.78, 5) is 0. The lowest BCUT2D eigenvalue weighted by atomic mass is 9.74. The van der Waals surface area contributed by atoms with E-state index in [4.69, 9.17) is 12.2 Å². The van der Waals surface area contributed by atoms with E-state index in [0.29, 0.717) is 0 Å². The maximum Gasteiger partial charge on any atom is 0.108 e. The number of nitriles is 1. The van der Waals surface area contributed by atoms with Crippen molar-refractivity contribution in [3.63, 3.8) is 0 Å². The summed E-state index contributed by atoms with van der Waals surface area (Å²) in [7, 11) is 0. The van der Waals surface area contributed by atoms with Gasteiger partial charge in [-0.05, 0) is 17.5 Å². The molecule has 0 saturated carbocycles. The fourth-order valence-electron chi connectivity index (χ4n) is 3.31. The second-order valence-corrected chi connectivity index (χ2v) is 8.21. The molecule has 2 aromatic carbocycles. The number of piperazine rings is 1. The van der Waals surface area contributed by atoms with Crippen molar-refractivity contribution in [2.75, 3.05) is 25.4 Å². The minimum absolute atomic E-state index is 0.230. The summed E-state index contributed by atoms with van der Waals surface area (Å²) in [6, 6.07) is 23.0. The van der Waals surface area contributed by atoms with Crippen LogP contribution in [0.4, 0.5) is 0 Å². The molecule has 1 aliphatic rings. The topological polar surface area (TPSA) is 47.9 Å². The van der Waals surface area contributed by atoms with Crippen molar-refractivity contribution in [2.24, 2.45) is 0 Å². The summed E-state index contributed by atoms with van der Waals surface area (Å²) in [5.74, 6) is 0.814. The van der Waals surface area contributed by atoms with Crippen LogP contribution in [0.2, 0.25) is 0 Å². The van der Waals surface area contributed by atoms with Gasteiger partial charge in [0, 0.05) is 25.4 Å². The number of nitrogens with one attached hydrogen (secondary N) is 2. The fourth-order valence-corrected chi connectivity index (χ4v) is 4.70. The zero-order valence-electron chi connectivity index (χ0n) is 14.7. The third-order valence-electron chi connectivity index (χ3n) is 4.77. The molecular formula is C21H23N3S2. The molecule has 1 fully saturated rings. The van der Waals surface area contributed by atoms with Gasteiger partial charge in [-0.1, -0.05) is 72.9 Å². The highest BCUT2D eigenvalue weighted by molar-refractivity contribution is 8.23. The van der Waals surface area contributed by atoms with Crippen LogP contribution in [0.5, 0.6) is 0 Å². The molecule has 3 nitrogen and oxygen atoms in total. The van der Waals surface area contributed by atoms with Crippen LogP contribution in [0.1, 0.15) is 17.5 Å². The number of hydrogen-bond donors (Lipinski definition) is 2. The Morgan fingerprint density at radius 1 is 1.08 bits per heavy atom. The lowest BCUT2D eigenvalue weighted by Gasteiger charge is -2.29. The van der Waals surface area contributed by atoms with Crippen molar-refractivity contribution in [3.05, 3.63) is 71.8 Å². The molecule has 1 atom stereocenters. The zero-order valence-corrected chi connectivity index (χ0v) is 16.3. The number of rotatable bonds is 6. The van der Waals surface area contributed by atoms with Gasteiger partial charge >= 0.3 is 0 Å². The lowest BCUT2D eigenvalue weighted by Crippen LogP contribution is -2.51. The van der Waals surface area contributed by atoms with Crippen molar-refractivity contribution >= 4 is 28.2 Å². The molecule has 1 aliphatic heterocycles. The molecular weight excluding hydrogens is 358 g/mol. The van der Waals surface area contributed by atoms with Crippen LogP contribution < -0.4 is 10.6 Å². The summed E-state index contributed by atoms with van der Waals surface area (Å²) < 4.78 is 0.977. The van der Waals surface area contributed by atoms with Gasteiger partial charge in [-0.25, -0.2) is 0 Å². The van der Waals surface area contributed by atoms with E-state index in [9.17, 15) is 5.26 Å². The fraction of sp³-hybridized carbons (Fsp3) is 0.333. The number of benzene rings is 2. The first-order valence-electron chi connectivity index (χ1n) is 8.89. The third-order valence-corrected chi connectivity index (χ3v) is 6.39. The average Bonchev–Trinajstić information content (AvgIpc) is 2.73. The van der Waals surface area contributed by atoms with E-state index in [2.05, 4.69) is 16.7 Å². The highest BCUT2D eigenvalue weighted by atomic mass is 32.2. The maximum absolute atomic E-state index is 10.2. The molecule has 1 saturated heterocycles. The summed E-state index contributed by atoms with van der Waals surface area (Å²) in [6.07, 6.45) is 0.725. The molecule has 1 heterocycles. The standard InChI is InChI=1S/C21H23N3S2/c22-16-21(17-7-3-1-4-8-17,18-9-5-2-6-10-18)11-14-26-20(25)19-15-23-12-13-24-19/h1-10,19,23-24H,11-15H2. The number of nitrogens with zero attached hydrogens (tertiary/aromatic N) is 1. The minimum Gasteiger partial charge on any atom is -0.314 e. The van der Waals surface area contributed by atoms with E-state index in [1.54, 1.807) is 11.8 Å². The Bertz CT molecular complexity index is 710. The Hall–Kier alpha value is -1.71. The Balaban J connectivity index is 1.76. The summed E-state index contributed by atoms with van der Waals surface area (Å²) in [6.45, 7) is 2.82. The maximum atomic E-state index is 10.2. The lowest BCUT2D eigenvalue weighted by molar-refractivity contribution is 0.493. The molecule has 3 rings (SSSR count). The Labute approximate surface area is 165 Å². The first-order chi connectivity index (χ1) is 12.8. The van der Waals surface area contributed by atoms with Gasteiger partial charge in [0.05, 0.1) is 16.3 Å². The van der Waals surface area contributed by atoms with Crippen molar-refractivity contribution in [3.8, 4) is 6.07 Å². The van der Waals surface area contributed by atoms with Gasteiger partial charge in [0.15, 0.2) is 0 Å². The predicted molar refractivity (Wildman–Crippen MR) is 114 cm³/mol. The highest BCUT2D eigenvalue weighted by Gasteiger charge is 2.34. The summed E-state index contributed by atoms with van der Waals surface area (Å²) in [5, 5.41) is 17.0. The van der Waals surface area contributed by atoms with Gasteiger partial charge in [0.2, 0.25) is 0 Å². The normalized spacial score (nSPS) is 17.4. The smallest absolute Gasteiger partial charge is 0.108 e. The van der Waals surface area contributed by atoms with E-state index < -0.39 is 5.41 Å². The van der Waals surface area contributed by atoms with Crippen LogP contribution in [0.25, 0.3) is 0 Å². The van der Waals surface area contributed by atoms with E-state index in [0.717, 1.165) is 47.1 Å². The van der Waals surface area contributed by atoms with E-state index in [-0.39, 0.29) is 6.04 Å². The van der Waals surface area contributed by atoms with Crippen LogP contribution in [0, 0.1) is 11.3 Å². The van der Waals surface area contributed by atoms with Gasteiger partial charge in [-0.15, -0.1) is 11.8 Å². The largest absolute Gasteiger partial charge is 0.314 e. The molecule has 2 N–H and O–H groups in total. The molecule has 0 spiro atoms. The van der Waals surface area contributed by atoms with Gasteiger partial charge in [-0.3, -0.25) is 0 Å². The van der Waals surface area contributed by atoms with Gasteiger partial charge in [-0.2, -0.15) is 5.26 Å². The molecule has 5 heteroatoms. The monoisotopic (exact) mass is 381 g/mol. The van der Waals surface area contributed by atoms with Gasteiger partial charge in [0.25, 0.3) is 0 Å². The Morgan fingerprint density at radius 2 is 1.69 bits per heavy atom. The molecule has 26 heavy (non-hydrogen) atoms. The first kappa shape index (κ1) is 19.1. The van der Waals surface area contributed by atoms with Crippen molar-refractivity contribution in [2.45, 2.75) is 17.9 Å². The van der Waals surface area contributed by atoms with Crippen molar-refractivity contribution < 1.29 is 0 Å². The number of thioether (sulfide) groups is 1. The molecule has 0 aromatic heterocycles. The summed E-state index contributed by atoms with van der Waals surface area (Å²) in [5.41, 5.74) is 1.43. The molecule has 0 bridgehead atoms. The third kappa shape index (κ3) is 4.33. The van der Waals surface area contributed by atoms with Crippen molar-refractivity contribution in [1.82, 2.24) is 10.6 Å². The Kier molecular flexibility index (Phi) is 6.81. The quantitative estimate of drug-likeness (QED) is 0.750. The summed E-state index contributed by atoms with van der Waals surface area (Å²) >= 11 is 7.30. The average molecular weight is 382 g/mol. The van der Waals surface area contributed by atoms with Gasteiger partial charge < -0.3 is 10.6 Å². The first-order valence-corrected chi connectivity index (χ1v) is 10.3. The Morgan fingerprint density at radius 3 is 2.19 bits per heavy atom. The van der Waals surface area contributed by atoms with E-state index >= 15 is 0 Å². The van der Waals surface area contributed by atoms with E-state index in [1.807, 2.05) is 60.7 Å².